The van der Waals surface area contributed by atoms with Crippen LogP contribution in [0.1, 0.15) is 13.8 Å². The standard InChI is InChI=1S/C16H16FN3S/c1-10(2)9-20-15(18-19-16(20)21)13-7-8-14(17)12-6-4-3-5-11(12)13/h3-8,10H,9H2,1-2H3,(H,19,21). The molecule has 0 saturated heterocycles. The number of aromatic nitrogens is 3. The average molecular weight is 301 g/mol. The Hall–Kier alpha value is -2.01. The zero-order valence-corrected chi connectivity index (χ0v) is 12.7. The fourth-order valence-corrected chi connectivity index (χ4v) is 2.72. The molecular formula is C16H16FN3S. The van der Waals surface area contributed by atoms with Gasteiger partial charge in [0.2, 0.25) is 0 Å². The van der Waals surface area contributed by atoms with Crippen molar-refractivity contribution in [3.05, 3.63) is 47.0 Å². The molecule has 0 fully saturated rings. The molecule has 1 heterocycles. The second-order valence-corrected chi connectivity index (χ2v) is 5.88. The van der Waals surface area contributed by atoms with Gasteiger partial charge in [0.25, 0.3) is 0 Å². The van der Waals surface area contributed by atoms with Crippen molar-refractivity contribution in [2.75, 3.05) is 0 Å². The molecule has 3 aromatic rings. The van der Waals surface area contributed by atoms with Crippen molar-refractivity contribution in [1.82, 2.24) is 14.8 Å². The molecule has 108 valence electrons. The summed E-state index contributed by atoms with van der Waals surface area (Å²) in [5.74, 6) is 0.976. The molecule has 5 heteroatoms. The Bertz CT molecular complexity index is 848. The highest BCUT2D eigenvalue weighted by molar-refractivity contribution is 7.71. The van der Waals surface area contributed by atoms with Gasteiger partial charge < -0.3 is 0 Å². The minimum atomic E-state index is -0.223. The maximum atomic E-state index is 13.9. The van der Waals surface area contributed by atoms with Gasteiger partial charge in [0.15, 0.2) is 10.6 Å². The Morgan fingerprint density at radius 3 is 2.62 bits per heavy atom. The van der Waals surface area contributed by atoms with E-state index in [1.165, 1.54) is 6.07 Å². The zero-order valence-electron chi connectivity index (χ0n) is 11.9. The second-order valence-electron chi connectivity index (χ2n) is 5.50. The SMILES string of the molecule is CC(C)Cn1c(-c2ccc(F)c3ccccc23)n[nH]c1=S. The summed E-state index contributed by atoms with van der Waals surface area (Å²) in [7, 11) is 0. The molecule has 0 spiro atoms. The van der Waals surface area contributed by atoms with E-state index in [-0.39, 0.29) is 5.82 Å². The molecule has 3 rings (SSSR count). The quantitative estimate of drug-likeness (QED) is 0.720. The van der Waals surface area contributed by atoms with Crippen LogP contribution in [0.4, 0.5) is 4.39 Å². The molecule has 2 aromatic carbocycles. The van der Waals surface area contributed by atoms with Gasteiger partial charge in [0, 0.05) is 17.5 Å². The van der Waals surface area contributed by atoms with Crippen LogP contribution in [0.25, 0.3) is 22.2 Å². The molecule has 0 amide bonds. The molecule has 0 radical (unpaired) electrons. The number of H-pyrrole nitrogens is 1. The Balaban J connectivity index is 2.27. The lowest BCUT2D eigenvalue weighted by molar-refractivity contribution is 0.521. The first-order valence-electron chi connectivity index (χ1n) is 6.90. The van der Waals surface area contributed by atoms with Crippen molar-refractivity contribution >= 4 is 23.0 Å². The van der Waals surface area contributed by atoms with Crippen LogP contribution in [0.2, 0.25) is 0 Å². The summed E-state index contributed by atoms with van der Waals surface area (Å²) in [5, 5.41) is 8.63. The fourth-order valence-electron chi connectivity index (χ4n) is 2.52. The van der Waals surface area contributed by atoms with E-state index in [2.05, 4.69) is 24.0 Å². The van der Waals surface area contributed by atoms with Crippen molar-refractivity contribution < 1.29 is 4.39 Å². The van der Waals surface area contributed by atoms with Gasteiger partial charge >= 0.3 is 0 Å². The minimum absolute atomic E-state index is 0.223. The van der Waals surface area contributed by atoms with E-state index < -0.39 is 0 Å². The molecule has 0 atom stereocenters. The normalized spacial score (nSPS) is 11.4. The van der Waals surface area contributed by atoms with Gasteiger partial charge in [-0.15, -0.1) is 0 Å². The molecule has 3 nitrogen and oxygen atoms in total. The first kappa shape index (κ1) is 13.9. The lowest BCUT2D eigenvalue weighted by Gasteiger charge is -2.11. The number of fused-ring (bicyclic) bond motifs is 1. The van der Waals surface area contributed by atoms with Gasteiger partial charge in [0.05, 0.1) is 0 Å². The van der Waals surface area contributed by atoms with Gasteiger partial charge in [-0.2, -0.15) is 5.10 Å². The Kier molecular flexibility index (Phi) is 3.59. The maximum absolute atomic E-state index is 13.9. The van der Waals surface area contributed by atoms with Crippen LogP contribution in [0.3, 0.4) is 0 Å². The summed E-state index contributed by atoms with van der Waals surface area (Å²) >= 11 is 5.31. The summed E-state index contributed by atoms with van der Waals surface area (Å²) in [5.41, 5.74) is 0.889. The number of nitrogens with one attached hydrogen (secondary N) is 1. The maximum Gasteiger partial charge on any atom is 0.195 e. The summed E-state index contributed by atoms with van der Waals surface area (Å²) in [4.78, 5) is 0. The van der Waals surface area contributed by atoms with E-state index >= 15 is 0 Å². The zero-order chi connectivity index (χ0) is 15.0. The third-order valence-electron chi connectivity index (χ3n) is 3.42. The number of hydrogen-bond acceptors (Lipinski definition) is 2. The molecule has 0 aliphatic heterocycles. The predicted octanol–water partition coefficient (Wildman–Crippen LogP) is 4.56. The number of aromatic amines is 1. The van der Waals surface area contributed by atoms with Crippen LogP contribution >= 0.6 is 12.2 Å². The van der Waals surface area contributed by atoms with Crippen molar-refractivity contribution in [1.29, 1.82) is 0 Å². The molecule has 0 saturated carbocycles. The smallest absolute Gasteiger partial charge is 0.195 e. The van der Waals surface area contributed by atoms with Crippen LogP contribution in [0, 0.1) is 16.5 Å². The average Bonchev–Trinajstić information content (AvgIpc) is 2.81. The summed E-state index contributed by atoms with van der Waals surface area (Å²) in [6.07, 6.45) is 0. The van der Waals surface area contributed by atoms with Crippen LogP contribution in [0.5, 0.6) is 0 Å². The predicted molar refractivity (Wildman–Crippen MR) is 85.1 cm³/mol. The first-order chi connectivity index (χ1) is 10.1. The number of halogens is 1. The van der Waals surface area contributed by atoms with E-state index in [9.17, 15) is 4.39 Å². The third-order valence-corrected chi connectivity index (χ3v) is 3.73. The number of hydrogen-bond donors (Lipinski definition) is 1. The molecule has 1 aromatic heterocycles. The molecule has 0 aliphatic carbocycles. The van der Waals surface area contributed by atoms with Crippen LogP contribution in [0.15, 0.2) is 36.4 Å². The fraction of sp³-hybridized carbons (Fsp3) is 0.250. The highest BCUT2D eigenvalue weighted by Crippen LogP contribution is 2.29. The van der Waals surface area contributed by atoms with Crippen molar-refractivity contribution in [3.8, 4) is 11.4 Å². The summed E-state index contributed by atoms with van der Waals surface area (Å²) in [6.45, 7) is 5.03. The lowest BCUT2D eigenvalue weighted by atomic mass is 10.0. The second kappa shape index (κ2) is 5.41. The summed E-state index contributed by atoms with van der Waals surface area (Å²) < 4.78 is 16.5. The number of rotatable bonds is 3. The monoisotopic (exact) mass is 301 g/mol. The topological polar surface area (TPSA) is 33.6 Å². The summed E-state index contributed by atoms with van der Waals surface area (Å²) in [6, 6.07) is 10.7. The van der Waals surface area contributed by atoms with E-state index in [1.807, 2.05) is 22.8 Å². The Morgan fingerprint density at radius 2 is 1.90 bits per heavy atom. The van der Waals surface area contributed by atoms with Crippen LogP contribution in [-0.2, 0) is 6.54 Å². The van der Waals surface area contributed by atoms with Crippen molar-refractivity contribution in [2.24, 2.45) is 5.92 Å². The molecule has 1 N–H and O–H groups in total. The molecule has 0 unspecified atom stereocenters. The molecule has 0 bridgehead atoms. The van der Waals surface area contributed by atoms with Crippen molar-refractivity contribution in [3.63, 3.8) is 0 Å². The highest BCUT2D eigenvalue weighted by atomic mass is 32.1. The van der Waals surface area contributed by atoms with Gasteiger partial charge in [-0.25, -0.2) is 4.39 Å². The van der Waals surface area contributed by atoms with Gasteiger partial charge in [0.1, 0.15) is 5.82 Å². The van der Waals surface area contributed by atoms with E-state index in [0.29, 0.717) is 16.1 Å². The van der Waals surface area contributed by atoms with Crippen LogP contribution < -0.4 is 0 Å². The van der Waals surface area contributed by atoms with Crippen molar-refractivity contribution in [2.45, 2.75) is 20.4 Å². The largest absolute Gasteiger partial charge is 0.300 e. The molecule has 0 aliphatic rings. The number of nitrogens with zero attached hydrogens (tertiary/aromatic N) is 2. The minimum Gasteiger partial charge on any atom is -0.300 e. The lowest BCUT2D eigenvalue weighted by Crippen LogP contribution is -2.06. The molecular weight excluding hydrogens is 285 g/mol. The third kappa shape index (κ3) is 2.49. The highest BCUT2D eigenvalue weighted by Gasteiger charge is 2.14. The van der Waals surface area contributed by atoms with Gasteiger partial charge in [-0.05, 0) is 35.7 Å². The first-order valence-corrected chi connectivity index (χ1v) is 7.31. The van der Waals surface area contributed by atoms with Gasteiger partial charge in [-0.3, -0.25) is 9.67 Å². The Labute approximate surface area is 127 Å². The van der Waals surface area contributed by atoms with E-state index in [1.54, 1.807) is 12.1 Å². The van der Waals surface area contributed by atoms with E-state index in [0.717, 1.165) is 23.3 Å². The van der Waals surface area contributed by atoms with E-state index in [4.69, 9.17) is 12.2 Å². The van der Waals surface area contributed by atoms with Crippen LogP contribution in [-0.4, -0.2) is 14.8 Å². The number of benzene rings is 2. The molecule has 21 heavy (non-hydrogen) atoms. The van der Waals surface area contributed by atoms with Gasteiger partial charge in [-0.1, -0.05) is 38.1 Å². The Morgan fingerprint density at radius 1 is 1.19 bits per heavy atom.